The van der Waals surface area contributed by atoms with E-state index in [0.717, 1.165) is 29.8 Å². The Kier molecular flexibility index (Phi) is 3.27. The van der Waals surface area contributed by atoms with Gasteiger partial charge in [-0.2, -0.15) is 0 Å². The molecule has 86 valence electrons. The first-order valence-corrected chi connectivity index (χ1v) is 5.63. The van der Waals surface area contributed by atoms with Crippen molar-refractivity contribution >= 4 is 11.0 Å². The van der Waals surface area contributed by atoms with Gasteiger partial charge in [0.2, 0.25) is 0 Å². The summed E-state index contributed by atoms with van der Waals surface area (Å²) >= 11 is 0. The van der Waals surface area contributed by atoms with Crippen LogP contribution in [-0.4, -0.2) is 25.0 Å². The van der Waals surface area contributed by atoms with Crippen molar-refractivity contribution in [2.45, 2.75) is 13.0 Å². The highest BCUT2D eigenvalue weighted by atomic mass is 16.3. The highest BCUT2D eigenvalue weighted by Gasteiger charge is 2.13. The molecule has 1 atom stereocenters. The standard InChI is InChI=1S/C13H18N2O/c1-3-15(2)9-11(14)13-8-10-6-4-5-7-12(10)16-13/h4-8,11H,3,9,14H2,1-2H3. The maximum Gasteiger partial charge on any atom is 0.134 e. The minimum absolute atomic E-state index is 0.0580. The van der Waals surface area contributed by atoms with Gasteiger partial charge in [0.05, 0.1) is 6.04 Å². The first-order chi connectivity index (χ1) is 7.70. The molecule has 0 saturated carbocycles. The molecule has 1 aromatic carbocycles. The van der Waals surface area contributed by atoms with Gasteiger partial charge in [0.15, 0.2) is 0 Å². The van der Waals surface area contributed by atoms with E-state index in [2.05, 4.69) is 18.9 Å². The van der Waals surface area contributed by atoms with Crippen molar-refractivity contribution < 1.29 is 4.42 Å². The van der Waals surface area contributed by atoms with E-state index in [9.17, 15) is 0 Å². The van der Waals surface area contributed by atoms with Crippen molar-refractivity contribution in [1.82, 2.24) is 4.90 Å². The molecule has 0 amide bonds. The van der Waals surface area contributed by atoms with Gasteiger partial charge in [0, 0.05) is 11.9 Å². The molecule has 1 aromatic heterocycles. The van der Waals surface area contributed by atoms with Crippen LogP contribution in [0.2, 0.25) is 0 Å². The summed E-state index contributed by atoms with van der Waals surface area (Å²) in [5, 5.41) is 1.12. The molecule has 16 heavy (non-hydrogen) atoms. The molecule has 3 heteroatoms. The minimum atomic E-state index is -0.0580. The van der Waals surface area contributed by atoms with E-state index in [0.29, 0.717) is 0 Å². The number of fused-ring (bicyclic) bond motifs is 1. The Bertz CT molecular complexity index is 431. The largest absolute Gasteiger partial charge is 0.459 e. The zero-order valence-electron chi connectivity index (χ0n) is 9.81. The molecular formula is C13H18N2O. The maximum atomic E-state index is 6.10. The van der Waals surface area contributed by atoms with E-state index in [1.807, 2.05) is 30.3 Å². The predicted octanol–water partition coefficient (Wildman–Crippen LogP) is 2.38. The summed E-state index contributed by atoms with van der Waals surface area (Å²) in [6, 6.07) is 9.96. The van der Waals surface area contributed by atoms with Crippen LogP contribution >= 0.6 is 0 Å². The molecule has 1 heterocycles. The van der Waals surface area contributed by atoms with E-state index < -0.39 is 0 Å². The second-order valence-corrected chi connectivity index (χ2v) is 4.15. The minimum Gasteiger partial charge on any atom is -0.459 e. The van der Waals surface area contributed by atoms with Gasteiger partial charge in [-0.25, -0.2) is 0 Å². The molecule has 0 radical (unpaired) electrons. The first-order valence-electron chi connectivity index (χ1n) is 5.63. The van der Waals surface area contributed by atoms with Gasteiger partial charge in [-0.1, -0.05) is 25.1 Å². The fourth-order valence-electron chi connectivity index (χ4n) is 1.74. The third-order valence-electron chi connectivity index (χ3n) is 2.86. The molecule has 0 fully saturated rings. The summed E-state index contributed by atoms with van der Waals surface area (Å²) in [5.41, 5.74) is 7.01. The van der Waals surface area contributed by atoms with Gasteiger partial charge in [-0.15, -0.1) is 0 Å². The van der Waals surface area contributed by atoms with E-state index in [1.54, 1.807) is 0 Å². The molecule has 0 aliphatic heterocycles. The molecule has 0 spiro atoms. The van der Waals surface area contributed by atoms with Crippen LogP contribution in [0.15, 0.2) is 34.7 Å². The number of likely N-dealkylation sites (N-methyl/N-ethyl adjacent to an activating group) is 1. The monoisotopic (exact) mass is 218 g/mol. The van der Waals surface area contributed by atoms with Crippen LogP contribution in [0.25, 0.3) is 11.0 Å². The summed E-state index contributed by atoms with van der Waals surface area (Å²) < 4.78 is 5.72. The average molecular weight is 218 g/mol. The lowest BCUT2D eigenvalue weighted by atomic mass is 10.2. The Hall–Kier alpha value is -1.32. The third kappa shape index (κ3) is 2.26. The van der Waals surface area contributed by atoms with Gasteiger partial charge in [-0.05, 0) is 25.7 Å². The quantitative estimate of drug-likeness (QED) is 0.856. The van der Waals surface area contributed by atoms with Crippen molar-refractivity contribution in [3.8, 4) is 0 Å². The number of nitrogens with zero attached hydrogens (tertiary/aromatic N) is 1. The molecule has 0 saturated heterocycles. The van der Waals surface area contributed by atoms with Gasteiger partial charge in [0.25, 0.3) is 0 Å². The van der Waals surface area contributed by atoms with E-state index in [4.69, 9.17) is 10.2 Å². The lowest BCUT2D eigenvalue weighted by Crippen LogP contribution is -2.28. The fourth-order valence-corrected chi connectivity index (χ4v) is 1.74. The molecule has 2 aromatic rings. The van der Waals surface area contributed by atoms with Crippen molar-refractivity contribution in [2.24, 2.45) is 5.73 Å². The van der Waals surface area contributed by atoms with Crippen molar-refractivity contribution in [1.29, 1.82) is 0 Å². The lowest BCUT2D eigenvalue weighted by Gasteiger charge is -2.17. The van der Waals surface area contributed by atoms with Crippen LogP contribution in [0.3, 0.4) is 0 Å². The van der Waals surface area contributed by atoms with Crippen LogP contribution in [-0.2, 0) is 0 Å². The number of para-hydroxylation sites is 1. The van der Waals surface area contributed by atoms with E-state index in [1.165, 1.54) is 0 Å². The Morgan fingerprint density at radius 1 is 1.38 bits per heavy atom. The van der Waals surface area contributed by atoms with Crippen molar-refractivity contribution in [2.75, 3.05) is 20.1 Å². The zero-order valence-corrected chi connectivity index (χ0v) is 9.81. The first kappa shape index (κ1) is 11.2. The summed E-state index contributed by atoms with van der Waals surface area (Å²) in [6.07, 6.45) is 0. The second kappa shape index (κ2) is 4.68. The van der Waals surface area contributed by atoms with Crippen LogP contribution in [0.1, 0.15) is 18.7 Å². The highest BCUT2D eigenvalue weighted by molar-refractivity contribution is 5.77. The third-order valence-corrected chi connectivity index (χ3v) is 2.86. The van der Waals surface area contributed by atoms with E-state index in [-0.39, 0.29) is 6.04 Å². The van der Waals surface area contributed by atoms with Gasteiger partial charge in [-0.3, -0.25) is 0 Å². The lowest BCUT2D eigenvalue weighted by molar-refractivity contribution is 0.311. The predicted molar refractivity (Wildman–Crippen MR) is 66.3 cm³/mol. The van der Waals surface area contributed by atoms with Gasteiger partial charge in [0.1, 0.15) is 11.3 Å². The summed E-state index contributed by atoms with van der Waals surface area (Å²) in [6.45, 7) is 3.93. The smallest absolute Gasteiger partial charge is 0.134 e. The van der Waals surface area contributed by atoms with E-state index >= 15 is 0 Å². The average Bonchev–Trinajstić information content (AvgIpc) is 2.72. The molecular weight excluding hydrogens is 200 g/mol. The molecule has 0 bridgehead atoms. The van der Waals surface area contributed by atoms with Gasteiger partial charge < -0.3 is 15.1 Å². The molecule has 2 rings (SSSR count). The number of hydrogen-bond acceptors (Lipinski definition) is 3. The number of hydrogen-bond donors (Lipinski definition) is 1. The summed E-state index contributed by atoms with van der Waals surface area (Å²) in [7, 11) is 2.06. The maximum absolute atomic E-state index is 6.10. The van der Waals surface area contributed by atoms with Crippen LogP contribution < -0.4 is 5.73 Å². The molecule has 2 N–H and O–H groups in total. The molecule has 0 aliphatic carbocycles. The second-order valence-electron chi connectivity index (χ2n) is 4.15. The number of nitrogens with two attached hydrogens (primary N) is 1. The number of furan rings is 1. The number of rotatable bonds is 4. The summed E-state index contributed by atoms with van der Waals surface area (Å²) in [4.78, 5) is 2.18. The Labute approximate surface area is 95.8 Å². The number of benzene rings is 1. The van der Waals surface area contributed by atoms with Gasteiger partial charge >= 0.3 is 0 Å². The zero-order chi connectivity index (χ0) is 11.5. The Morgan fingerprint density at radius 2 is 2.12 bits per heavy atom. The normalized spacial score (nSPS) is 13.5. The molecule has 3 nitrogen and oxygen atoms in total. The Morgan fingerprint density at radius 3 is 2.81 bits per heavy atom. The molecule has 0 aliphatic rings. The summed E-state index contributed by atoms with van der Waals surface area (Å²) in [5.74, 6) is 0.863. The van der Waals surface area contributed by atoms with Crippen LogP contribution in [0, 0.1) is 0 Å². The van der Waals surface area contributed by atoms with Crippen molar-refractivity contribution in [3.63, 3.8) is 0 Å². The fraction of sp³-hybridized carbons (Fsp3) is 0.385. The Balaban J connectivity index is 2.19. The van der Waals surface area contributed by atoms with Crippen LogP contribution in [0.4, 0.5) is 0 Å². The van der Waals surface area contributed by atoms with Crippen LogP contribution in [0.5, 0.6) is 0 Å². The SMILES string of the molecule is CCN(C)CC(N)c1cc2ccccc2o1. The molecule has 1 unspecified atom stereocenters. The highest BCUT2D eigenvalue weighted by Crippen LogP contribution is 2.22. The van der Waals surface area contributed by atoms with Crippen molar-refractivity contribution in [3.05, 3.63) is 36.1 Å². The topological polar surface area (TPSA) is 42.4 Å².